The summed E-state index contributed by atoms with van der Waals surface area (Å²) < 4.78 is 0. The van der Waals surface area contributed by atoms with Gasteiger partial charge >= 0.3 is 0 Å². The van der Waals surface area contributed by atoms with Gasteiger partial charge in [-0.05, 0) is 32.1 Å². The molecular weight excluding hydrogens is 262 g/mol. The molecule has 0 amide bonds. The number of carbonyl (C=O) groups excluding carboxylic acids is 1. The van der Waals surface area contributed by atoms with E-state index in [-0.39, 0.29) is 11.7 Å². The van der Waals surface area contributed by atoms with Crippen LogP contribution in [0.15, 0.2) is 23.0 Å². The molecule has 0 aromatic rings. The molecule has 1 aliphatic carbocycles. The van der Waals surface area contributed by atoms with Crippen molar-refractivity contribution in [3.63, 3.8) is 0 Å². The van der Waals surface area contributed by atoms with Gasteiger partial charge in [0, 0.05) is 50.9 Å². The second-order valence-electron chi connectivity index (χ2n) is 6.01. The topological polar surface area (TPSA) is 47.4 Å². The van der Waals surface area contributed by atoms with Gasteiger partial charge in [-0.15, -0.1) is 0 Å². The maximum absolute atomic E-state index is 12.8. The summed E-state index contributed by atoms with van der Waals surface area (Å²) in [5.41, 5.74) is 2.97. The molecule has 0 radical (unpaired) electrons. The van der Waals surface area contributed by atoms with Crippen LogP contribution < -0.4 is 0 Å². The number of hydrogen-bond donors (Lipinski definition) is 1. The van der Waals surface area contributed by atoms with Gasteiger partial charge in [-0.25, -0.2) is 0 Å². The van der Waals surface area contributed by atoms with E-state index in [1.54, 1.807) is 0 Å². The molecule has 1 fully saturated rings. The zero-order chi connectivity index (χ0) is 16.2. The Hall–Kier alpha value is -1.58. The number of allylic oxidation sites excluding steroid dienone is 3. The highest BCUT2D eigenvalue weighted by atomic mass is 16.1. The molecule has 0 bridgehead atoms. The number of hydrogen-bond acceptors (Lipinski definition) is 4. The number of carbonyl (C=O) groups is 1. The van der Waals surface area contributed by atoms with Crippen molar-refractivity contribution in [2.75, 3.05) is 27.7 Å². The average Bonchev–Trinajstić information content (AvgIpc) is 2.44. The predicted octanol–water partition coefficient (Wildman–Crippen LogP) is 3.07. The summed E-state index contributed by atoms with van der Waals surface area (Å²) in [5.74, 6) is 0.323. The van der Waals surface area contributed by atoms with Gasteiger partial charge < -0.3 is 15.2 Å². The summed E-state index contributed by atoms with van der Waals surface area (Å²) >= 11 is 0. The van der Waals surface area contributed by atoms with Gasteiger partial charge in [0.15, 0.2) is 5.78 Å². The van der Waals surface area contributed by atoms with Gasteiger partial charge in [0.2, 0.25) is 0 Å². The first-order valence-electron chi connectivity index (χ1n) is 7.78. The van der Waals surface area contributed by atoms with E-state index in [0.717, 1.165) is 24.2 Å². The lowest BCUT2D eigenvalue weighted by atomic mass is 9.83. The fourth-order valence-electron chi connectivity index (χ4n) is 2.68. The molecule has 1 unspecified atom stereocenters. The minimum Gasteiger partial charge on any atom is -0.383 e. The minimum atomic E-state index is 0.0375. The number of rotatable bonds is 5. The van der Waals surface area contributed by atoms with Crippen LogP contribution >= 0.6 is 0 Å². The van der Waals surface area contributed by atoms with Crippen LogP contribution in [0, 0.1) is 11.3 Å². The third-order valence-electron chi connectivity index (χ3n) is 4.10. The van der Waals surface area contributed by atoms with E-state index in [1.165, 1.54) is 0 Å². The summed E-state index contributed by atoms with van der Waals surface area (Å²) in [6.07, 6.45) is 4.19. The molecule has 1 aliphatic rings. The maximum atomic E-state index is 12.8. The van der Waals surface area contributed by atoms with Crippen molar-refractivity contribution < 1.29 is 4.79 Å². The lowest BCUT2D eigenvalue weighted by molar-refractivity contribution is -0.112. The highest BCUT2D eigenvalue weighted by Crippen LogP contribution is 2.30. The van der Waals surface area contributed by atoms with Gasteiger partial charge in [0.05, 0.1) is 5.57 Å². The van der Waals surface area contributed by atoms with E-state index in [1.807, 2.05) is 32.2 Å². The lowest BCUT2D eigenvalue weighted by Crippen LogP contribution is -2.31. The zero-order valence-corrected chi connectivity index (χ0v) is 14.3. The number of nitrogens with one attached hydrogen (secondary N) is 1. The summed E-state index contributed by atoms with van der Waals surface area (Å²) in [7, 11) is 5.87. The Morgan fingerprint density at radius 2 is 1.90 bits per heavy atom. The van der Waals surface area contributed by atoms with E-state index >= 15 is 0 Å². The smallest absolute Gasteiger partial charge is 0.194 e. The van der Waals surface area contributed by atoms with Crippen LogP contribution in [0.5, 0.6) is 0 Å². The van der Waals surface area contributed by atoms with Gasteiger partial charge in [-0.2, -0.15) is 0 Å². The number of Topliss-reactive ketones (excluding diaryl/α,β-unsaturated/α-hetero) is 1. The lowest BCUT2D eigenvalue weighted by Gasteiger charge is -2.31. The predicted molar refractivity (Wildman–Crippen MR) is 88.5 cm³/mol. The second kappa shape index (κ2) is 7.43. The molecule has 0 aromatic carbocycles. The Bertz CT molecular complexity index is 462. The largest absolute Gasteiger partial charge is 0.383 e. The van der Waals surface area contributed by atoms with Crippen molar-refractivity contribution in [2.45, 2.75) is 40.0 Å². The molecule has 4 nitrogen and oxygen atoms in total. The van der Waals surface area contributed by atoms with Crippen LogP contribution in [0.25, 0.3) is 0 Å². The molecular formula is C17H29N3O. The Balaban J connectivity index is 3.39. The molecule has 118 valence electrons. The van der Waals surface area contributed by atoms with Crippen molar-refractivity contribution in [3.05, 3.63) is 23.0 Å². The SMILES string of the molecule is CCC(C)/C(=C1/C(=N)CC/C(=C\N(C)C)C1=O)N(C)CC. The first-order chi connectivity index (χ1) is 9.83. The standard InChI is InChI=1S/C17H29N3O/c1-7-12(3)16(20(6)8-2)15-14(18)10-9-13(17(15)21)11-19(4)5/h11-12,18H,7-10H2,1-6H3/b13-11+,16-15+,18-14?. The van der Waals surface area contributed by atoms with Crippen LogP contribution in [0.1, 0.15) is 40.0 Å². The summed E-state index contributed by atoms with van der Waals surface area (Å²) in [6.45, 7) is 7.19. The highest BCUT2D eigenvalue weighted by molar-refractivity contribution is 6.29. The van der Waals surface area contributed by atoms with Crippen molar-refractivity contribution in [3.8, 4) is 0 Å². The maximum Gasteiger partial charge on any atom is 0.194 e. The van der Waals surface area contributed by atoms with Crippen molar-refractivity contribution >= 4 is 11.5 Å². The molecule has 1 rings (SSSR count). The summed E-state index contributed by atoms with van der Waals surface area (Å²) in [5, 5.41) is 8.27. The molecule has 0 aromatic heterocycles. The molecule has 1 N–H and O–H groups in total. The first kappa shape index (κ1) is 17.5. The Kier molecular flexibility index (Phi) is 6.19. The van der Waals surface area contributed by atoms with Crippen molar-refractivity contribution in [1.82, 2.24) is 9.80 Å². The van der Waals surface area contributed by atoms with E-state index in [2.05, 4.69) is 25.7 Å². The third kappa shape index (κ3) is 3.96. The monoisotopic (exact) mass is 291 g/mol. The van der Waals surface area contributed by atoms with E-state index in [9.17, 15) is 4.79 Å². The van der Waals surface area contributed by atoms with Gasteiger partial charge in [0.25, 0.3) is 0 Å². The van der Waals surface area contributed by atoms with Gasteiger partial charge in [-0.3, -0.25) is 4.79 Å². The number of nitrogens with zero attached hydrogens (tertiary/aromatic N) is 2. The van der Waals surface area contributed by atoms with E-state index < -0.39 is 0 Å². The van der Waals surface area contributed by atoms with Crippen LogP contribution in [-0.2, 0) is 4.79 Å². The highest BCUT2D eigenvalue weighted by Gasteiger charge is 2.30. The average molecular weight is 291 g/mol. The minimum absolute atomic E-state index is 0.0375. The van der Waals surface area contributed by atoms with Crippen LogP contribution in [0.4, 0.5) is 0 Å². The second-order valence-corrected chi connectivity index (χ2v) is 6.01. The number of ketones is 1. The van der Waals surface area contributed by atoms with E-state index in [0.29, 0.717) is 24.1 Å². The van der Waals surface area contributed by atoms with Gasteiger partial charge in [0.1, 0.15) is 0 Å². The fraction of sp³-hybridized carbons (Fsp3) is 0.647. The molecule has 4 heteroatoms. The molecule has 1 atom stereocenters. The zero-order valence-electron chi connectivity index (χ0n) is 14.3. The quantitative estimate of drug-likeness (QED) is 0.792. The normalized spacial score (nSPS) is 21.5. The molecule has 0 heterocycles. The van der Waals surface area contributed by atoms with Gasteiger partial charge in [-0.1, -0.05) is 13.8 Å². The Morgan fingerprint density at radius 3 is 2.38 bits per heavy atom. The third-order valence-corrected chi connectivity index (χ3v) is 4.10. The van der Waals surface area contributed by atoms with Crippen LogP contribution in [0.2, 0.25) is 0 Å². The molecule has 21 heavy (non-hydrogen) atoms. The fourth-order valence-corrected chi connectivity index (χ4v) is 2.68. The van der Waals surface area contributed by atoms with Crippen molar-refractivity contribution in [2.24, 2.45) is 5.92 Å². The molecule has 0 spiro atoms. The molecule has 0 saturated heterocycles. The van der Waals surface area contributed by atoms with Crippen LogP contribution in [0.3, 0.4) is 0 Å². The summed E-state index contributed by atoms with van der Waals surface area (Å²) in [4.78, 5) is 16.9. The van der Waals surface area contributed by atoms with Crippen molar-refractivity contribution in [1.29, 1.82) is 5.41 Å². The Labute approximate surface area is 129 Å². The Morgan fingerprint density at radius 1 is 1.29 bits per heavy atom. The first-order valence-corrected chi connectivity index (χ1v) is 7.78. The van der Waals surface area contributed by atoms with Crippen LogP contribution in [-0.4, -0.2) is 49.0 Å². The molecule has 0 aliphatic heterocycles. The summed E-state index contributed by atoms with van der Waals surface area (Å²) in [6, 6.07) is 0. The molecule has 1 saturated carbocycles. The van der Waals surface area contributed by atoms with E-state index in [4.69, 9.17) is 5.41 Å².